The van der Waals surface area contributed by atoms with E-state index >= 15 is 0 Å². The van der Waals surface area contributed by atoms with Crippen LogP contribution < -0.4 is 10.1 Å². The molecule has 0 heterocycles. The van der Waals surface area contributed by atoms with Crippen molar-refractivity contribution in [1.29, 1.82) is 0 Å². The maximum absolute atomic E-state index is 12.2. The fraction of sp³-hybridized carbons (Fsp3) is 0.588. The van der Waals surface area contributed by atoms with Gasteiger partial charge in [-0.2, -0.15) is 0 Å². The Kier molecular flexibility index (Phi) is 5.62. The zero-order valence-electron chi connectivity index (χ0n) is 12.8. The molecule has 0 saturated heterocycles. The van der Waals surface area contributed by atoms with Crippen LogP contribution in [0.2, 0.25) is 0 Å². The van der Waals surface area contributed by atoms with Crippen LogP contribution in [0.25, 0.3) is 0 Å². The topological polar surface area (TPSA) is 58.6 Å². The lowest BCUT2D eigenvalue weighted by Crippen LogP contribution is -2.35. The van der Waals surface area contributed by atoms with Gasteiger partial charge in [0.25, 0.3) is 5.91 Å². The average molecular weight is 291 g/mol. The van der Waals surface area contributed by atoms with Crippen molar-refractivity contribution < 1.29 is 14.6 Å². The molecule has 0 radical (unpaired) electrons. The molecule has 1 aliphatic carbocycles. The van der Waals surface area contributed by atoms with E-state index in [4.69, 9.17) is 4.74 Å². The molecule has 1 saturated carbocycles. The van der Waals surface area contributed by atoms with Crippen LogP contribution in [0.1, 0.15) is 43.5 Å². The van der Waals surface area contributed by atoms with E-state index in [9.17, 15) is 9.90 Å². The number of nitrogens with one attached hydrogen (secondary N) is 1. The highest BCUT2D eigenvalue weighted by atomic mass is 16.5. The number of benzene rings is 1. The summed E-state index contributed by atoms with van der Waals surface area (Å²) in [5.74, 6) is 1.25. The molecule has 1 amide bonds. The highest BCUT2D eigenvalue weighted by Gasteiger charge is 2.23. The zero-order valence-corrected chi connectivity index (χ0v) is 12.8. The largest absolute Gasteiger partial charge is 0.492 e. The van der Waals surface area contributed by atoms with Crippen molar-refractivity contribution in [2.45, 2.75) is 39.2 Å². The van der Waals surface area contributed by atoms with Crippen molar-refractivity contribution in [2.75, 3.05) is 13.2 Å². The van der Waals surface area contributed by atoms with Gasteiger partial charge in [0.15, 0.2) is 0 Å². The number of amides is 1. The second-order valence-electron chi connectivity index (χ2n) is 5.91. The van der Waals surface area contributed by atoms with Gasteiger partial charge in [0.2, 0.25) is 0 Å². The minimum Gasteiger partial charge on any atom is -0.492 e. The van der Waals surface area contributed by atoms with E-state index in [0.29, 0.717) is 23.8 Å². The molecule has 2 N–H and O–H groups in total. The SMILES string of the molecule is CCC(C)C(O)CNC(=O)c1ccccc1OCC1CC1. The Morgan fingerprint density at radius 1 is 1.43 bits per heavy atom. The van der Waals surface area contributed by atoms with Crippen LogP contribution >= 0.6 is 0 Å². The van der Waals surface area contributed by atoms with Gasteiger partial charge in [-0.1, -0.05) is 32.4 Å². The molecule has 1 aromatic carbocycles. The van der Waals surface area contributed by atoms with Gasteiger partial charge in [0.1, 0.15) is 5.75 Å². The molecule has 2 atom stereocenters. The maximum Gasteiger partial charge on any atom is 0.255 e. The molecule has 1 fully saturated rings. The lowest BCUT2D eigenvalue weighted by Gasteiger charge is -2.18. The summed E-state index contributed by atoms with van der Waals surface area (Å²) >= 11 is 0. The third-order valence-corrected chi connectivity index (χ3v) is 4.08. The molecule has 0 bridgehead atoms. The Morgan fingerprint density at radius 3 is 2.81 bits per heavy atom. The summed E-state index contributed by atoms with van der Waals surface area (Å²) in [7, 11) is 0. The summed E-state index contributed by atoms with van der Waals surface area (Å²) in [6.45, 7) is 4.95. The van der Waals surface area contributed by atoms with Crippen molar-refractivity contribution in [3.8, 4) is 5.75 Å². The van der Waals surface area contributed by atoms with Gasteiger partial charge in [0.05, 0.1) is 18.3 Å². The first kappa shape index (κ1) is 15.8. The van der Waals surface area contributed by atoms with Gasteiger partial charge in [-0.3, -0.25) is 4.79 Å². The Labute approximate surface area is 126 Å². The normalized spacial score (nSPS) is 17.1. The molecule has 0 spiro atoms. The fourth-order valence-electron chi connectivity index (χ4n) is 2.04. The number of ether oxygens (including phenoxy) is 1. The fourth-order valence-corrected chi connectivity index (χ4v) is 2.04. The summed E-state index contributed by atoms with van der Waals surface area (Å²) in [4.78, 5) is 12.2. The monoisotopic (exact) mass is 291 g/mol. The molecule has 2 rings (SSSR count). The van der Waals surface area contributed by atoms with Gasteiger partial charge in [0, 0.05) is 6.54 Å². The first-order valence-electron chi connectivity index (χ1n) is 7.80. The number of carbonyl (C=O) groups excluding carboxylic acids is 1. The van der Waals surface area contributed by atoms with E-state index in [1.54, 1.807) is 6.07 Å². The number of hydrogen-bond donors (Lipinski definition) is 2. The van der Waals surface area contributed by atoms with Crippen molar-refractivity contribution in [3.05, 3.63) is 29.8 Å². The van der Waals surface area contributed by atoms with Crippen LogP contribution in [-0.2, 0) is 0 Å². The number of carbonyl (C=O) groups is 1. The minimum atomic E-state index is -0.515. The van der Waals surface area contributed by atoms with E-state index in [-0.39, 0.29) is 18.4 Å². The number of para-hydroxylation sites is 1. The minimum absolute atomic E-state index is 0.173. The van der Waals surface area contributed by atoms with Crippen LogP contribution in [0, 0.1) is 11.8 Å². The smallest absolute Gasteiger partial charge is 0.255 e. The Morgan fingerprint density at radius 2 is 2.14 bits per heavy atom. The van der Waals surface area contributed by atoms with Gasteiger partial charge in [-0.05, 0) is 36.8 Å². The predicted molar refractivity (Wildman–Crippen MR) is 82.5 cm³/mol. The summed E-state index contributed by atoms with van der Waals surface area (Å²) in [5.41, 5.74) is 0.537. The first-order valence-corrected chi connectivity index (χ1v) is 7.80. The molecule has 0 aromatic heterocycles. The molecular weight excluding hydrogens is 266 g/mol. The summed E-state index contributed by atoms with van der Waals surface area (Å²) in [5, 5.41) is 12.7. The van der Waals surface area contributed by atoms with Crippen LogP contribution in [0.4, 0.5) is 0 Å². The van der Waals surface area contributed by atoms with Crippen molar-refractivity contribution in [2.24, 2.45) is 11.8 Å². The molecule has 116 valence electrons. The van der Waals surface area contributed by atoms with Crippen LogP contribution in [-0.4, -0.2) is 30.3 Å². The molecule has 0 aliphatic heterocycles. The van der Waals surface area contributed by atoms with Crippen LogP contribution in [0.15, 0.2) is 24.3 Å². The van der Waals surface area contributed by atoms with E-state index < -0.39 is 6.10 Å². The predicted octanol–water partition coefficient (Wildman–Crippen LogP) is 2.61. The molecule has 1 aromatic rings. The molecular formula is C17H25NO3. The van der Waals surface area contributed by atoms with Gasteiger partial charge in [-0.25, -0.2) is 0 Å². The van der Waals surface area contributed by atoms with E-state index in [1.807, 2.05) is 32.0 Å². The lowest BCUT2D eigenvalue weighted by molar-refractivity contribution is 0.0846. The second kappa shape index (κ2) is 7.46. The Hall–Kier alpha value is -1.55. The van der Waals surface area contributed by atoms with E-state index in [1.165, 1.54) is 12.8 Å². The Balaban J connectivity index is 1.91. The standard InChI is InChI=1S/C17H25NO3/c1-3-12(2)15(19)10-18-17(20)14-6-4-5-7-16(14)21-11-13-8-9-13/h4-7,12-13,15,19H,3,8-11H2,1-2H3,(H,18,20). The van der Waals surface area contributed by atoms with E-state index in [0.717, 1.165) is 6.42 Å². The number of aliphatic hydroxyl groups is 1. The third-order valence-electron chi connectivity index (χ3n) is 4.08. The van der Waals surface area contributed by atoms with Crippen molar-refractivity contribution in [1.82, 2.24) is 5.32 Å². The summed E-state index contributed by atoms with van der Waals surface area (Å²) in [6, 6.07) is 7.27. The van der Waals surface area contributed by atoms with Gasteiger partial charge < -0.3 is 15.2 Å². The quantitative estimate of drug-likeness (QED) is 0.774. The molecule has 4 heteroatoms. The van der Waals surface area contributed by atoms with Crippen molar-refractivity contribution in [3.63, 3.8) is 0 Å². The maximum atomic E-state index is 12.2. The molecule has 2 unspecified atom stereocenters. The van der Waals surface area contributed by atoms with Gasteiger partial charge in [-0.15, -0.1) is 0 Å². The number of hydrogen-bond acceptors (Lipinski definition) is 3. The van der Waals surface area contributed by atoms with Gasteiger partial charge >= 0.3 is 0 Å². The summed E-state index contributed by atoms with van der Waals surface area (Å²) in [6.07, 6.45) is 2.81. The average Bonchev–Trinajstić information content (AvgIpc) is 3.34. The number of aliphatic hydroxyl groups excluding tert-OH is 1. The molecule has 21 heavy (non-hydrogen) atoms. The zero-order chi connectivity index (χ0) is 15.2. The number of rotatable bonds is 8. The van der Waals surface area contributed by atoms with Crippen molar-refractivity contribution >= 4 is 5.91 Å². The molecule has 4 nitrogen and oxygen atoms in total. The van der Waals surface area contributed by atoms with Crippen LogP contribution in [0.5, 0.6) is 5.75 Å². The third kappa shape index (κ3) is 4.74. The highest BCUT2D eigenvalue weighted by molar-refractivity contribution is 5.96. The lowest BCUT2D eigenvalue weighted by atomic mass is 10.0. The summed E-state index contributed by atoms with van der Waals surface area (Å²) < 4.78 is 5.73. The molecule has 1 aliphatic rings. The first-order chi connectivity index (χ1) is 10.1. The highest BCUT2D eigenvalue weighted by Crippen LogP contribution is 2.30. The van der Waals surface area contributed by atoms with E-state index in [2.05, 4.69) is 5.32 Å². The Bertz CT molecular complexity index is 471. The van der Waals surface area contributed by atoms with Crippen LogP contribution in [0.3, 0.4) is 0 Å². The second-order valence-corrected chi connectivity index (χ2v) is 5.91.